The standard InChI is InChI=1S/C12H7Cl4N/c13-9-5-7(17)1-2-8(9)6-3-10(14)12(16)11(15)4-6/h1-5H,17H2. The van der Waals surface area contributed by atoms with Crippen LogP contribution >= 0.6 is 46.4 Å². The molecule has 2 aromatic rings. The molecule has 0 radical (unpaired) electrons. The van der Waals surface area contributed by atoms with Crippen LogP contribution in [0.25, 0.3) is 11.1 Å². The van der Waals surface area contributed by atoms with E-state index in [-0.39, 0.29) is 0 Å². The average molecular weight is 307 g/mol. The van der Waals surface area contributed by atoms with Crippen LogP contribution in [0.5, 0.6) is 0 Å². The van der Waals surface area contributed by atoms with Gasteiger partial charge in [0.2, 0.25) is 0 Å². The molecule has 88 valence electrons. The lowest BCUT2D eigenvalue weighted by atomic mass is 10.1. The van der Waals surface area contributed by atoms with Gasteiger partial charge in [0.05, 0.1) is 20.1 Å². The molecule has 0 spiro atoms. The monoisotopic (exact) mass is 305 g/mol. The maximum atomic E-state index is 6.11. The highest BCUT2D eigenvalue weighted by molar-refractivity contribution is 6.48. The number of halogens is 4. The van der Waals surface area contributed by atoms with Gasteiger partial charge in [-0.1, -0.05) is 52.5 Å². The summed E-state index contributed by atoms with van der Waals surface area (Å²) in [7, 11) is 0. The van der Waals surface area contributed by atoms with Crippen molar-refractivity contribution < 1.29 is 0 Å². The van der Waals surface area contributed by atoms with E-state index in [9.17, 15) is 0 Å². The number of rotatable bonds is 1. The van der Waals surface area contributed by atoms with Gasteiger partial charge in [0.15, 0.2) is 0 Å². The Bertz CT molecular complexity index is 558. The molecule has 0 aliphatic carbocycles. The predicted molar refractivity (Wildman–Crippen MR) is 76.3 cm³/mol. The van der Waals surface area contributed by atoms with Crippen LogP contribution in [0.2, 0.25) is 20.1 Å². The van der Waals surface area contributed by atoms with Gasteiger partial charge < -0.3 is 5.73 Å². The van der Waals surface area contributed by atoms with Crippen LogP contribution in [0, 0.1) is 0 Å². The number of benzene rings is 2. The van der Waals surface area contributed by atoms with Crippen molar-refractivity contribution in [3.05, 3.63) is 50.4 Å². The van der Waals surface area contributed by atoms with Gasteiger partial charge in [-0.2, -0.15) is 0 Å². The number of hydrogen-bond acceptors (Lipinski definition) is 1. The molecule has 0 heterocycles. The largest absolute Gasteiger partial charge is 0.399 e. The van der Waals surface area contributed by atoms with Gasteiger partial charge in [0, 0.05) is 11.3 Å². The highest BCUT2D eigenvalue weighted by atomic mass is 35.5. The van der Waals surface area contributed by atoms with Crippen molar-refractivity contribution in [3.63, 3.8) is 0 Å². The van der Waals surface area contributed by atoms with E-state index in [4.69, 9.17) is 52.1 Å². The Balaban J connectivity index is 2.61. The Morgan fingerprint density at radius 2 is 1.35 bits per heavy atom. The Morgan fingerprint density at radius 1 is 0.765 bits per heavy atom. The number of nitrogen functional groups attached to an aromatic ring is 1. The molecule has 1 nitrogen and oxygen atoms in total. The zero-order valence-corrected chi connectivity index (χ0v) is 11.5. The first-order chi connectivity index (χ1) is 7.99. The summed E-state index contributed by atoms with van der Waals surface area (Å²) in [6.45, 7) is 0. The number of nitrogens with two attached hydrogens (primary N) is 1. The summed E-state index contributed by atoms with van der Waals surface area (Å²) < 4.78 is 0. The van der Waals surface area contributed by atoms with Gasteiger partial charge in [-0.25, -0.2) is 0 Å². The van der Waals surface area contributed by atoms with E-state index >= 15 is 0 Å². The fraction of sp³-hybridized carbons (Fsp3) is 0. The Hall–Kier alpha value is -0.600. The van der Waals surface area contributed by atoms with Crippen molar-refractivity contribution in [1.82, 2.24) is 0 Å². The molecule has 0 saturated carbocycles. The summed E-state index contributed by atoms with van der Waals surface area (Å²) in [5.41, 5.74) is 7.84. The van der Waals surface area contributed by atoms with E-state index in [1.807, 2.05) is 6.07 Å². The molecule has 2 N–H and O–H groups in total. The molecular weight excluding hydrogens is 300 g/mol. The molecule has 0 aliphatic heterocycles. The molecular formula is C12H7Cl4N. The Labute approximate surface area is 119 Å². The van der Waals surface area contributed by atoms with Gasteiger partial charge >= 0.3 is 0 Å². The Kier molecular flexibility index (Phi) is 3.74. The van der Waals surface area contributed by atoms with Crippen LogP contribution in [0.1, 0.15) is 0 Å². The zero-order chi connectivity index (χ0) is 12.6. The van der Waals surface area contributed by atoms with Crippen LogP contribution in [-0.4, -0.2) is 0 Å². The first-order valence-electron chi connectivity index (χ1n) is 4.69. The van der Waals surface area contributed by atoms with Crippen LogP contribution in [0.4, 0.5) is 5.69 Å². The predicted octanol–water partition coefficient (Wildman–Crippen LogP) is 5.55. The lowest BCUT2D eigenvalue weighted by Crippen LogP contribution is -1.86. The van der Waals surface area contributed by atoms with Gasteiger partial charge in [0.25, 0.3) is 0 Å². The zero-order valence-electron chi connectivity index (χ0n) is 8.48. The summed E-state index contributed by atoms with van der Waals surface area (Å²) in [6.07, 6.45) is 0. The molecule has 0 saturated heterocycles. The van der Waals surface area contributed by atoms with E-state index in [0.717, 1.165) is 11.1 Å². The molecule has 17 heavy (non-hydrogen) atoms. The molecule has 5 heteroatoms. The molecule has 0 unspecified atom stereocenters. The molecule has 0 aliphatic rings. The van der Waals surface area contributed by atoms with E-state index in [1.165, 1.54) is 0 Å². The number of hydrogen-bond donors (Lipinski definition) is 1. The highest BCUT2D eigenvalue weighted by Crippen LogP contribution is 2.37. The SMILES string of the molecule is Nc1ccc(-c2cc(Cl)c(Cl)c(Cl)c2)c(Cl)c1. The van der Waals surface area contributed by atoms with Gasteiger partial charge in [-0.3, -0.25) is 0 Å². The third-order valence-electron chi connectivity index (χ3n) is 2.29. The van der Waals surface area contributed by atoms with Crippen LogP contribution in [0.15, 0.2) is 30.3 Å². The average Bonchev–Trinajstić information content (AvgIpc) is 2.25. The van der Waals surface area contributed by atoms with Crippen LogP contribution in [-0.2, 0) is 0 Å². The third kappa shape index (κ3) is 2.63. The van der Waals surface area contributed by atoms with Crippen LogP contribution < -0.4 is 5.73 Å². The lowest BCUT2D eigenvalue weighted by molar-refractivity contribution is 1.61. The fourth-order valence-corrected chi connectivity index (χ4v) is 2.37. The summed E-state index contributed by atoms with van der Waals surface area (Å²) in [5.74, 6) is 0. The summed E-state index contributed by atoms with van der Waals surface area (Å²) in [6, 6.07) is 8.68. The molecule has 0 aromatic heterocycles. The van der Waals surface area contributed by atoms with Crippen molar-refractivity contribution in [2.24, 2.45) is 0 Å². The van der Waals surface area contributed by atoms with E-state index in [0.29, 0.717) is 25.8 Å². The first kappa shape index (κ1) is 12.8. The minimum atomic E-state index is 0.337. The summed E-state index contributed by atoms with van der Waals surface area (Å²) >= 11 is 23.9. The molecule has 0 fully saturated rings. The maximum absolute atomic E-state index is 6.11. The van der Waals surface area contributed by atoms with Crippen molar-refractivity contribution in [2.75, 3.05) is 5.73 Å². The van der Waals surface area contributed by atoms with Crippen LogP contribution in [0.3, 0.4) is 0 Å². The van der Waals surface area contributed by atoms with Crippen molar-refractivity contribution in [1.29, 1.82) is 0 Å². The minimum absolute atomic E-state index is 0.337. The quantitative estimate of drug-likeness (QED) is 0.542. The second-order valence-electron chi connectivity index (χ2n) is 3.49. The van der Waals surface area contributed by atoms with E-state index in [1.54, 1.807) is 24.3 Å². The van der Waals surface area contributed by atoms with Gasteiger partial charge in [-0.05, 0) is 29.8 Å². The Morgan fingerprint density at radius 3 is 1.88 bits per heavy atom. The molecule has 2 aromatic carbocycles. The summed E-state index contributed by atoms with van der Waals surface area (Å²) in [4.78, 5) is 0. The summed E-state index contributed by atoms with van der Waals surface area (Å²) in [5, 5.41) is 1.66. The fourth-order valence-electron chi connectivity index (χ4n) is 1.48. The normalized spacial score (nSPS) is 10.6. The number of anilines is 1. The second-order valence-corrected chi connectivity index (χ2v) is 5.09. The smallest absolute Gasteiger partial charge is 0.0778 e. The molecule has 0 bridgehead atoms. The maximum Gasteiger partial charge on any atom is 0.0778 e. The minimum Gasteiger partial charge on any atom is -0.399 e. The van der Waals surface area contributed by atoms with Crippen molar-refractivity contribution in [3.8, 4) is 11.1 Å². The van der Waals surface area contributed by atoms with E-state index in [2.05, 4.69) is 0 Å². The molecule has 0 atom stereocenters. The lowest BCUT2D eigenvalue weighted by Gasteiger charge is -2.08. The highest BCUT2D eigenvalue weighted by Gasteiger charge is 2.10. The third-order valence-corrected chi connectivity index (χ3v) is 3.80. The molecule has 0 amide bonds. The van der Waals surface area contributed by atoms with Gasteiger partial charge in [0.1, 0.15) is 0 Å². The first-order valence-corrected chi connectivity index (χ1v) is 6.20. The van der Waals surface area contributed by atoms with Crippen molar-refractivity contribution in [2.45, 2.75) is 0 Å². The molecule has 2 rings (SSSR count). The second kappa shape index (κ2) is 4.95. The van der Waals surface area contributed by atoms with E-state index < -0.39 is 0 Å². The van der Waals surface area contributed by atoms with Crippen molar-refractivity contribution >= 4 is 52.1 Å². The topological polar surface area (TPSA) is 26.0 Å². The van der Waals surface area contributed by atoms with Gasteiger partial charge in [-0.15, -0.1) is 0 Å².